The smallest absolute Gasteiger partial charge is 0.157 e. The van der Waals surface area contributed by atoms with Crippen molar-refractivity contribution in [2.75, 3.05) is 11.1 Å². The summed E-state index contributed by atoms with van der Waals surface area (Å²) in [6.45, 7) is 6.05. The van der Waals surface area contributed by atoms with Gasteiger partial charge < -0.3 is 11.1 Å². The van der Waals surface area contributed by atoms with E-state index in [9.17, 15) is 0 Å². The molecule has 1 heterocycles. The number of nitrogens with zero attached hydrogens (tertiary/aromatic N) is 2. The second-order valence-electron chi connectivity index (χ2n) is 3.80. The van der Waals surface area contributed by atoms with E-state index in [-0.39, 0.29) is 10.7 Å². The summed E-state index contributed by atoms with van der Waals surface area (Å²) in [7, 11) is 0. The number of hydrogen-bond acceptors (Lipinski definition) is 4. The molecule has 0 aliphatic carbocycles. The zero-order valence-electron chi connectivity index (χ0n) is 7.93. The molecule has 0 radical (unpaired) electrons. The number of hydrogen-bond donors (Lipinski definition) is 2. The van der Waals surface area contributed by atoms with Gasteiger partial charge in [-0.15, -0.1) is 0 Å². The zero-order chi connectivity index (χ0) is 10.1. The Labute approximate surface area is 82.5 Å². The SMILES string of the molecule is CC(C)(C)Nc1ncnc(Cl)c1N. The Kier molecular flexibility index (Phi) is 2.61. The highest BCUT2D eigenvalue weighted by Gasteiger charge is 2.13. The Morgan fingerprint density at radius 2 is 2.00 bits per heavy atom. The van der Waals surface area contributed by atoms with Gasteiger partial charge in [0, 0.05) is 5.54 Å². The topological polar surface area (TPSA) is 63.8 Å². The first-order valence-corrected chi connectivity index (χ1v) is 4.32. The second kappa shape index (κ2) is 3.38. The van der Waals surface area contributed by atoms with E-state index in [1.165, 1.54) is 6.33 Å². The lowest BCUT2D eigenvalue weighted by molar-refractivity contribution is 0.630. The number of aromatic nitrogens is 2. The fourth-order valence-corrected chi connectivity index (χ4v) is 0.962. The maximum atomic E-state index is 5.73. The summed E-state index contributed by atoms with van der Waals surface area (Å²) in [6.07, 6.45) is 1.38. The van der Waals surface area contributed by atoms with Crippen LogP contribution in [-0.2, 0) is 0 Å². The van der Waals surface area contributed by atoms with Crippen LogP contribution >= 0.6 is 11.6 Å². The normalized spacial score (nSPS) is 11.4. The molecule has 0 spiro atoms. The Balaban J connectivity index is 2.96. The molecule has 0 aromatic carbocycles. The highest BCUT2D eigenvalue weighted by atomic mass is 35.5. The number of anilines is 2. The molecule has 5 heteroatoms. The quantitative estimate of drug-likeness (QED) is 0.680. The lowest BCUT2D eigenvalue weighted by atomic mass is 10.1. The highest BCUT2D eigenvalue weighted by molar-refractivity contribution is 6.32. The van der Waals surface area contributed by atoms with Gasteiger partial charge in [-0.2, -0.15) is 0 Å². The van der Waals surface area contributed by atoms with Crippen molar-refractivity contribution in [2.45, 2.75) is 26.3 Å². The van der Waals surface area contributed by atoms with Crippen LogP contribution in [0.25, 0.3) is 0 Å². The van der Waals surface area contributed by atoms with Crippen LogP contribution in [0.2, 0.25) is 5.15 Å². The minimum atomic E-state index is -0.0915. The van der Waals surface area contributed by atoms with Crippen LogP contribution in [0.4, 0.5) is 11.5 Å². The van der Waals surface area contributed by atoms with Crippen molar-refractivity contribution in [3.05, 3.63) is 11.5 Å². The fraction of sp³-hybridized carbons (Fsp3) is 0.500. The van der Waals surface area contributed by atoms with Gasteiger partial charge >= 0.3 is 0 Å². The summed E-state index contributed by atoms with van der Waals surface area (Å²) in [4.78, 5) is 7.75. The molecule has 0 amide bonds. The zero-order valence-corrected chi connectivity index (χ0v) is 8.68. The third-order valence-corrected chi connectivity index (χ3v) is 1.63. The molecule has 1 aromatic heterocycles. The molecule has 0 aliphatic rings. The Morgan fingerprint density at radius 1 is 1.38 bits per heavy atom. The molecule has 0 bridgehead atoms. The van der Waals surface area contributed by atoms with Gasteiger partial charge in [0.1, 0.15) is 12.0 Å². The number of nitrogens with one attached hydrogen (secondary N) is 1. The average molecular weight is 201 g/mol. The molecule has 13 heavy (non-hydrogen) atoms. The van der Waals surface area contributed by atoms with Crippen LogP contribution in [0, 0.1) is 0 Å². The summed E-state index contributed by atoms with van der Waals surface area (Å²) < 4.78 is 0. The van der Waals surface area contributed by atoms with Crippen molar-refractivity contribution >= 4 is 23.1 Å². The number of nitrogens with two attached hydrogens (primary N) is 1. The van der Waals surface area contributed by atoms with E-state index >= 15 is 0 Å². The summed E-state index contributed by atoms with van der Waals surface area (Å²) >= 11 is 5.73. The van der Waals surface area contributed by atoms with Gasteiger partial charge in [-0.25, -0.2) is 9.97 Å². The number of nitrogen functional groups attached to an aromatic ring is 1. The van der Waals surface area contributed by atoms with Crippen LogP contribution in [0.3, 0.4) is 0 Å². The molecule has 0 saturated carbocycles. The van der Waals surface area contributed by atoms with Gasteiger partial charge in [-0.1, -0.05) is 11.6 Å². The summed E-state index contributed by atoms with van der Waals surface area (Å²) in [6, 6.07) is 0. The molecule has 1 aromatic rings. The van der Waals surface area contributed by atoms with Crippen molar-refractivity contribution in [3.63, 3.8) is 0 Å². The van der Waals surface area contributed by atoms with Crippen LogP contribution in [0.1, 0.15) is 20.8 Å². The lowest BCUT2D eigenvalue weighted by Gasteiger charge is -2.22. The monoisotopic (exact) mass is 200 g/mol. The van der Waals surface area contributed by atoms with Gasteiger partial charge in [0.15, 0.2) is 11.0 Å². The molecule has 3 N–H and O–H groups in total. The Hall–Kier alpha value is -1.03. The molecular weight excluding hydrogens is 188 g/mol. The molecule has 0 unspecified atom stereocenters. The minimum Gasteiger partial charge on any atom is -0.393 e. The summed E-state index contributed by atoms with van der Waals surface area (Å²) in [5.74, 6) is 0.576. The predicted octanol–water partition coefficient (Wildman–Crippen LogP) is 1.92. The first-order valence-electron chi connectivity index (χ1n) is 3.94. The van der Waals surface area contributed by atoms with E-state index in [1.807, 2.05) is 20.8 Å². The molecule has 1 rings (SSSR count). The first-order chi connectivity index (χ1) is 5.90. The molecule has 72 valence electrons. The maximum Gasteiger partial charge on any atom is 0.157 e. The Bertz CT molecular complexity index is 306. The van der Waals surface area contributed by atoms with Gasteiger partial charge in [-0.3, -0.25) is 0 Å². The number of rotatable bonds is 1. The minimum absolute atomic E-state index is 0.0915. The van der Waals surface area contributed by atoms with Crippen LogP contribution < -0.4 is 11.1 Å². The van der Waals surface area contributed by atoms with E-state index < -0.39 is 0 Å². The van der Waals surface area contributed by atoms with Crippen LogP contribution in [0.5, 0.6) is 0 Å². The van der Waals surface area contributed by atoms with Crippen molar-refractivity contribution in [3.8, 4) is 0 Å². The van der Waals surface area contributed by atoms with Gasteiger partial charge in [-0.05, 0) is 20.8 Å². The van der Waals surface area contributed by atoms with Crippen LogP contribution in [-0.4, -0.2) is 15.5 Å². The third kappa shape index (κ3) is 2.73. The third-order valence-electron chi connectivity index (χ3n) is 1.33. The fourth-order valence-electron chi connectivity index (χ4n) is 0.829. The molecule has 0 saturated heterocycles. The molecule has 4 nitrogen and oxygen atoms in total. The lowest BCUT2D eigenvalue weighted by Crippen LogP contribution is -2.27. The largest absolute Gasteiger partial charge is 0.393 e. The predicted molar refractivity (Wildman–Crippen MR) is 54.8 cm³/mol. The van der Waals surface area contributed by atoms with Gasteiger partial charge in [0.05, 0.1) is 0 Å². The van der Waals surface area contributed by atoms with E-state index in [0.29, 0.717) is 11.5 Å². The van der Waals surface area contributed by atoms with Crippen LogP contribution in [0.15, 0.2) is 6.33 Å². The molecular formula is C8H13ClN4. The van der Waals surface area contributed by atoms with Gasteiger partial charge in [0.2, 0.25) is 0 Å². The van der Waals surface area contributed by atoms with E-state index in [4.69, 9.17) is 17.3 Å². The summed E-state index contributed by atoms with van der Waals surface area (Å²) in [5.41, 5.74) is 5.97. The van der Waals surface area contributed by atoms with Crippen molar-refractivity contribution in [1.29, 1.82) is 0 Å². The van der Waals surface area contributed by atoms with Crippen molar-refractivity contribution in [1.82, 2.24) is 9.97 Å². The van der Waals surface area contributed by atoms with E-state index in [1.54, 1.807) is 0 Å². The second-order valence-corrected chi connectivity index (χ2v) is 4.16. The van der Waals surface area contributed by atoms with Crippen molar-refractivity contribution < 1.29 is 0 Å². The Morgan fingerprint density at radius 3 is 2.54 bits per heavy atom. The number of halogens is 1. The average Bonchev–Trinajstić information content (AvgIpc) is 1.96. The maximum absolute atomic E-state index is 5.73. The van der Waals surface area contributed by atoms with E-state index in [0.717, 1.165) is 0 Å². The summed E-state index contributed by atoms with van der Waals surface area (Å²) in [5, 5.41) is 3.41. The first kappa shape index (κ1) is 10.1. The molecule has 0 atom stereocenters. The molecule has 0 aliphatic heterocycles. The van der Waals surface area contributed by atoms with Gasteiger partial charge in [0.25, 0.3) is 0 Å². The molecule has 0 fully saturated rings. The van der Waals surface area contributed by atoms with E-state index in [2.05, 4.69) is 15.3 Å². The standard InChI is InChI=1S/C8H13ClN4/c1-8(2,3)13-7-5(10)6(9)11-4-12-7/h4H,10H2,1-3H3,(H,11,12,13). The highest BCUT2D eigenvalue weighted by Crippen LogP contribution is 2.24. The van der Waals surface area contributed by atoms with Crippen molar-refractivity contribution in [2.24, 2.45) is 0 Å².